The normalized spacial score (nSPS) is 40.4. The van der Waals surface area contributed by atoms with Gasteiger partial charge in [0.15, 0.2) is 0 Å². The fraction of sp³-hybridized carbons (Fsp3) is 0.684. The van der Waals surface area contributed by atoms with Gasteiger partial charge in [-0.1, -0.05) is 36.4 Å². The van der Waals surface area contributed by atoms with Crippen molar-refractivity contribution in [3.63, 3.8) is 0 Å². The third-order valence-electron chi connectivity index (χ3n) is 6.96. The quantitative estimate of drug-likeness (QED) is 0.851. The number of benzene rings is 1. The van der Waals surface area contributed by atoms with Crippen LogP contribution in [-0.4, -0.2) is 15.3 Å². The molecule has 21 heavy (non-hydrogen) atoms. The minimum Gasteiger partial charge on any atom is -0.385 e. The molecule has 0 heterocycles. The summed E-state index contributed by atoms with van der Waals surface area (Å²) in [5.41, 5.74) is 0.758. The van der Waals surface area contributed by atoms with Crippen molar-refractivity contribution in [3.05, 3.63) is 29.8 Å². The van der Waals surface area contributed by atoms with Crippen molar-refractivity contribution in [3.8, 4) is 0 Å². The Hall–Kier alpha value is -0.603. The molecule has 1 aromatic rings. The van der Waals surface area contributed by atoms with Gasteiger partial charge in [0.2, 0.25) is 0 Å². The molecule has 0 aliphatic heterocycles. The molecule has 4 fully saturated rings. The van der Waals surface area contributed by atoms with Gasteiger partial charge in [0.25, 0.3) is 0 Å². The Morgan fingerprint density at radius 3 is 1.95 bits per heavy atom. The molecule has 4 saturated carbocycles. The van der Waals surface area contributed by atoms with Crippen LogP contribution in [0.1, 0.15) is 57.4 Å². The average molecular weight is 301 g/mol. The van der Waals surface area contributed by atoms with Crippen LogP contribution >= 0.6 is 0 Å². The molecule has 1 atom stereocenters. The lowest BCUT2D eigenvalue weighted by Crippen LogP contribution is -2.56. The molecule has 1 unspecified atom stereocenters. The van der Waals surface area contributed by atoms with Gasteiger partial charge in [-0.25, -0.2) is 0 Å². The third-order valence-corrected chi connectivity index (χ3v) is 7.62. The van der Waals surface area contributed by atoms with Crippen molar-refractivity contribution in [1.29, 1.82) is 0 Å². The summed E-state index contributed by atoms with van der Waals surface area (Å²) < 4.78 is 0. The number of hydrogen-bond donors (Lipinski definition) is 1. The van der Waals surface area contributed by atoms with E-state index in [1.54, 1.807) is 0 Å². The van der Waals surface area contributed by atoms with E-state index in [2.05, 4.69) is 31.2 Å². The second-order valence-electron chi connectivity index (χ2n) is 8.28. The first-order chi connectivity index (χ1) is 10.0. The van der Waals surface area contributed by atoms with Crippen LogP contribution in [-0.2, 0) is 5.60 Å². The van der Waals surface area contributed by atoms with E-state index in [9.17, 15) is 5.11 Å². The van der Waals surface area contributed by atoms with Gasteiger partial charge >= 0.3 is 0 Å². The van der Waals surface area contributed by atoms with E-state index in [1.165, 1.54) is 49.3 Å². The van der Waals surface area contributed by atoms with Crippen molar-refractivity contribution >= 4 is 15.4 Å². The molecule has 1 nitrogen and oxygen atoms in total. The SMILES string of the molecule is CCC(O)(c1ccc([SiH3])cc1)C12CC3CC(CC(C3)C1)C2. The first kappa shape index (κ1) is 14.0. The molecule has 4 aliphatic carbocycles. The molecule has 0 saturated heterocycles. The van der Waals surface area contributed by atoms with Gasteiger partial charge in [-0.2, -0.15) is 0 Å². The van der Waals surface area contributed by atoms with Gasteiger partial charge in [0.05, 0.1) is 5.60 Å². The van der Waals surface area contributed by atoms with E-state index in [-0.39, 0.29) is 5.41 Å². The summed E-state index contributed by atoms with van der Waals surface area (Å²) in [6, 6.07) is 8.88. The number of rotatable bonds is 3. The summed E-state index contributed by atoms with van der Waals surface area (Å²) in [4.78, 5) is 0. The van der Waals surface area contributed by atoms with Crippen LogP contribution in [0.25, 0.3) is 0 Å². The maximum absolute atomic E-state index is 11.8. The van der Waals surface area contributed by atoms with Gasteiger partial charge in [-0.15, -0.1) is 0 Å². The summed E-state index contributed by atoms with van der Waals surface area (Å²) >= 11 is 0. The first-order valence-electron chi connectivity index (χ1n) is 8.84. The van der Waals surface area contributed by atoms with Crippen LogP contribution in [0.4, 0.5) is 0 Å². The molecule has 1 N–H and O–H groups in total. The highest BCUT2D eigenvalue weighted by molar-refractivity contribution is 6.32. The number of aliphatic hydroxyl groups is 1. The van der Waals surface area contributed by atoms with E-state index in [0.29, 0.717) is 0 Å². The zero-order valence-electron chi connectivity index (χ0n) is 13.4. The molecule has 5 rings (SSSR count). The zero-order chi connectivity index (χ0) is 14.7. The standard InChI is InChI=1S/C19H28OSi/c1-2-19(20,16-3-5-17(21)6-4-16)18-10-13-7-14(11-18)9-15(8-13)12-18/h3-6,13-15,20H,2,7-12H2,1,21H3. The first-order valence-corrected chi connectivity index (χ1v) is 9.84. The van der Waals surface area contributed by atoms with Crippen LogP contribution < -0.4 is 5.19 Å². The summed E-state index contributed by atoms with van der Waals surface area (Å²) in [5.74, 6) is 2.69. The minimum absolute atomic E-state index is 0.170. The van der Waals surface area contributed by atoms with Crippen LogP contribution in [0.15, 0.2) is 24.3 Å². The third kappa shape index (κ3) is 1.98. The molecule has 114 valence electrons. The summed E-state index contributed by atoms with van der Waals surface area (Å²) in [7, 11) is 1.09. The average Bonchev–Trinajstić information content (AvgIpc) is 2.45. The van der Waals surface area contributed by atoms with E-state index in [1.807, 2.05) is 0 Å². The summed E-state index contributed by atoms with van der Waals surface area (Å²) in [6.45, 7) is 2.19. The summed E-state index contributed by atoms with van der Waals surface area (Å²) in [6.07, 6.45) is 9.00. The Kier molecular flexibility index (Phi) is 3.13. The Morgan fingerprint density at radius 1 is 1.05 bits per heavy atom. The van der Waals surface area contributed by atoms with E-state index < -0.39 is 5.60 Å². The lowest BCUT2D eigenvalue weighted by atomic mass is 9.44. The molecule has 0 spiro atoms. The molecule has 2 heteroatoms. The Bertz CT molecular complexity index is 500. The topological polar surface area (TPSA) is 20.2 Å². The lowest BCUT2D eigenvalue weighted by molar-refractivity contribution is -0.186. The highest BCUT2D eigenvalue weighted by Gasteiger charge is 2.59. The molecule has 0 amide bonds. The predicted molar refractivity (Wildman–Crippen MR) is 90.8 cm³/mol. The van der Waals surface area contributed by atoms with Gasteiger partial charge in [0.1, 0.15) is 0 Å². The molecule has 0 radical (unpaired) electrons. The van der Waals surface area contributed by atoms with E-state index in [4.69, 9.17) is 0 Å². The van der Waals surface area contributed by atoms with Gasteiger partial charge in [-0.3, -0.25) is 0 Å². The van der Waals surface area contributed by atoms with E-state index in [0.717, 1.165) is 34.4 Å². The largest absolute Gasteiger partial charge is 0.385 e. The van der Waals surface area contributed by atoms with Crippen LogP contribution in [0.2, 0.25) is 0 Å². The van der Waals surface area contributed by atoms with Gasteiger partial charge in [-0.05, 0) is 68.3 Å². The van der Waals surface area contributed by atoms with Crippen molar-refractivity contribution < 1.29 is 5.11 Å². The fourth-order valence-corrected chi connectivity index (χ4v) is 6.67. The van der Waals surface area contributed by atoms with Crippen molar-refractivity contribution in [2.24, 2.45) is 23.2 Å². The molecular formula is C19H28OSi. The molecule has 4 bridgehead atoms. The fourth-order valence-electron chi connectivity index (χ4n) is 6.33. The maximum Gasteiger partial charge on any atom is 0.0950 e. The van der Waals surface area contributed by atoms with Gasteiger partial charge in [0, 0.05) is 15.7 Å². The zero-order valence-corrected chi connectivity index (χ0v) is 15.4. The Morgan fingerprint density at radius 2 is 1.52 bits per heavy atom. The van der Waals surface area contributed by atoms with Crippen LogP contribution in [0.5, 0.6) is 0 Å². The molecule has 4 aliphatic rings. The van der Waals surface area contributed by atoms with Crippen molar-refractivity contribution in [1.82, 2.24) is 0 Å². The van der Waals surface area contributed by atoms with Crippen molar-refractivity contribution in [2.75, 3.05) is 0 Å². The maximum atomic E-state index is 11.8. The molecule has 1 aromatic carbocycles. The Labute approximate surface area is 131 Å². The highest BCUT2D eigenvalue weighted by atomic mass is 28.1. The van der Waals surface area contributed by atoms with Gasteiger partial charge < -0.3 is 5.11 Å². The van der Waals surface area contributed by atoms with Crippen LogP contribution in [0.3, 0.4) is 0 Å². The number of hydrogen-bond acceptors (Lipinski definition) is 1. The van der Waals surface area contributed by atoms with Crippen LogP contribution in [0, 0.1) is 23.2 Å². The Balaban J connectivity index is 1.76. The van der Waals surface area contributed by atoms with Crippen molar-refractivity contribution in [2.45, 2.75) is 57.5 Å². The second-order valence-corrected chi connectivity index (χ2v) is 9.43. The highest BCUT2D eigenvalue weighted by Crippen LogP contribution is 2.66. The summed E-state index contributed by atoms with van der Waals surface area (Å²) in [5, 5.41) is 13.2. The monoisotopic (exact) mass is 300 g/mol. The lowest BCUT2D eigenvalue weighted by Gasteiger charge is -2.62. The molecule has 0 aromatic heterocycles. The smallest absolute Gasteiger partial charge is 0.0950 e. The molecular weight excluding hydrogens is 272 g/mol. The second kappa shape index (κ2) is 4.69. The minimum atomic E-state index is -0.599. The predicted octanol–water partition coefficient (Wildman–Crippen LogP) is 2.49. The van der Waals surface area contributed by atoms with E-state index >= 15 is 0 Å².